The molecule has 0 fully saturated rings. The summed E-state index contributed by atoms with van der Waals surface area (Å²) in [5.74, 6) is -0.260. The molecule has 4 rings (SSSR count). The first-order valence-electron chi connectivity index (χ1n) is 8.15. The quantitative estimate of drug-likeness (QED) is 0.648. The number of nitro benzene ring substituents is 1. The molecule has 0 spiro atoms. The summed E-state index contributed by atoms with van der Waals surface area (Å²) in [5, 5.41) is 13.6. The molecule has 0 aromatic heterocycles. The van der Waals surface area contributed by atoms with Crippen LogP contribution in [-0.4, -0.2) is 28.5 Å². The smallest absolute Gasteiger partial charge is 0.269 e. The largest absolute Gasteiger partial charge is 0.324 e. The Morgan fingerprint density at radius 1 is 1.31 bits per heavy atom. The van der Waals surface area contributed by atoms with E-state index in [4.69, 9.17) is 0 Å². The Morgan fingerprint density at radius 3 is 2.88 bits per heavy atom. The number of hydrogen-bond donors (Lipinski definition) is 1. The summed E-state index contributed by atoms with van der Waals surface area (Å²) in [4.78, 5) is 37.8. The Hall–Kier alpha value is -2.87. The Kier molecular flexibility index (Phi) is 3.91. The molecular weight excluding hydrogens is 354 g/mol. The third-order valence-electron chi connectivity index (χ3n) is 4.57. The standard InChI is InChI=1S/C18H15N3O4S/c1-10-17(22)19-14-9-12(2-5-16(14)26-10)18(23)20-7-6-11-8-13(21(24)25)3-4-15(11)20/h2-5,8-10H,6-7H2,1H3,(H,19,22)/t10-/m0/s1. The van der Waals surface area contributed by atoms with Gasteiger partial charge in [0.25, 0.3) is 11.6 Å². The highest BCUT2D eigenvalue weighted by Crippen LogP contribution is 2.37. The van der Waals surface area contributed by atoms with Crippen molar-refractivity contribution in [3.05, 3.63) is 57.6 Å². The Morgan fingerprint density at radius 2 is 2.12 bits per heavy atom. The fourth-order valence-corrected chi connectivity index (χ4v) is 4.14. The van der Waals surface area contributed by atoms with Gasteiger partial charge in [0.05, 0.1) is 15.9 Å². The predicted molar refractivity (Wildman–Crippen MR) is 98.9 cm³/mol. The van der Waals surface area contributed by atoms with Gasteiger partial charge < -0.3 is 10.2 Å². The number of carbonyl (C=O) groups is 2. The maximum Gasteiger partial charge on any atom is 0.269 e. The van der Waals surface area contributed by atoms with Gasteiger partial charge in [0.2, 0.25) is 5.91 Å². The van der Waals surface area contributed by atoms with Crippen LogP contribution in [-0.2, 0) is 11.2 Å². The predicted octanol–water partition coefficient (Wildman–Crippen LogP) is 3.23. The minimum absolute atomic E-state index is 0.0284. The molecule has 2 aliphatic rings. The van der Waals surface area contributed by atoms with Crippen molar-refractivity contribution in [3.8, 4) is 0 Å². The Labute approximate surface area is 153 Å². The van der Waals surface area contributed by atoms with Crippen molar-refractivity contribution in [2.75, 3.05) is 16.8 Å². The zero-order chi connectivity index (χ0) is 18.4. The normalized spacial score (nSPS) is 18.1. The number of fused-ring (bicyclic) bond motifs is 2. The minimum atomic E-state index is -0.435. The fraction of sp³-hybridized carbons (Fsp3) is 0.222. The van der Waals surface area contributed by atoms with Crippen molar-refractivity contribution in [1.82, 2.24) is 0 Å². The molecule has 2 heterocycles. The van der Waals surface area contributed by atoms with E-state index in [0.29, 0.717) is 29.9 Å². The molecule has 8 heteroatoms. The number of carbonyl (C=O) groups excluding carboxylic acids is 2. The highest BCUT2D eigenvalue weighted by molar-refractivity contribution is 8.00. The first kappa shape index (κ1) is 16.6. The van der Waals surface area contributed by atoms with Gasteiger partial charge in [-0.25, -0.2) is 0 Å². The summed E-state index contributed by atoms with van der Waals surface area (Å²) in [7, 11) is 0. The number of nitrogens with zero attached hydrogens (tertiary/aromatic N) is 2. The molecule has 2 aliphatic heterocycles. The molecule has 1 N–H and O–H groups in total. The highest BCUT2D eigenvalue weighted by Gasteiger charge is 2.29. The van der Waals surface area contributed by atoms with Gasteiger partial charge in [-0.2, -0.15) is 0 Å². The lowest BCUT2D eigenvalue weighted by Gasteiger charge is -2.23. The molecular formula is C18H15N3O4S. The van der Waals surface area contributed by atoms with Crippen molar-refractivity contribution in [2.24, 2.45) is 0 Å². The van der Waals surface area contributed by atoms with Crippen LogP contribution >= 0.6 is 11.8 Å². The van der Waals surface area contributed by atoms with E-state index in [9.17, 15) is 19.7 Å². The number of nitro groups is 1. The van der Waals surface area contributed by atoms with Gasteiger partial charge in [-0.05, 0) is 43.2 Å². The van der Waals surface area contributed by atoms with Gasteiger partial charge in [0.1, 0.15) is 0 Å². The first-order chi connectivity index (χ1) is 12.4. The van der Waals surface area contributed by atoms with E-state index >= 15 is 0 Å². The van der Waals surface area contributed by atoms with Gasteiger partial charge >= 0.3 is 0 Å². The van der Waals surface area contributed by atoms with Crippen molar-refractivity contribution in [2.45, 2.75) is 23.5 Å². The summed E-state index contributed by atoms with van der Waals surface area (Å²) in [6.45, 7) is 2.31. The molecule has 0 radical (unpaired) electrons. The van der Waals surface area contributed by atoms with Crippen LogP contribution in [0.2, 0.25) is 0 Å². The molecule has 2 aromatic rings. The number of rotatable bonds is 2. The van der Waals surface area contributed by atoms with Crippen LogP contribution in [0.5, 0.6) is 0 Å². The molecule has 2 aromatic carbocycles. The van der Waals surface area contributed by atoms with Gasteiger partial charge in [-0.3, -0.25) is 19.7 Å². The van der Waals surface area contributed by atoms with Gasteiger partial charge in [-0.15, -0.1) is 11.8 Å². The summed E-state index contributed by atoms with van der Waals surface area (Å²) in [6.07, 6.45) is 0.581. The molecule has 0 bridgehead atoms. The number of thioether (sulfide) groups is 1. The maximum absolute atomic E-state index is 12.9. The molecule has 0 aliphatic carbocycles. The van der Waals surface area contributed by atoms with Crippen molar-refractivity contribution < 1.29 is 14.5 Å². The van der Waals surface area contributed by atoms with Gasteiger partial charge in [0.15, 0.2) is 0 Å². The van der Waals surface area contributed by atoms with E-state index in [1.165, 1.54) is 23.9 Å². The molecule has 0 saturated heterocycles. The Balaban J connectivity index is 1.63. The number of hydrogen-bond acceptors (Lipinski definition) is 5. The highest BCUT2D eigenvalue weighted by atomic mass is 32.2. The molecule has 0 unspecified atom stereocenters. The monoisotopic (exact) mass is 369 g/mol. The van der Waals surface area contributed by atoms with Crippen molar-refractivity contribution in [1.29, 1.82) is 0 Å². The third kappa shape index (κ3) is 2.72. The SMILES string of the molecule is C[C@@H]1Sc2ccc(C(=O)N3CCc4cc([N+](=O)[O-])ccc43)cc2NC1=O. The number of non-ortho nitro benzene ring substituents is 1. The lowest BCUT2D eigenvalue weighted by atomic mass is 10.1. The zero-order valence-electron chi connectivity index (χ0n) is 13.9. The van der Waals surface area contributed by atoms with Crippen LogP contribution in [0.25, 0.3) is 0 Å². The maximum atomic E-state index is 12.9. The summed E-state index contributed by atoms with van der Waals surface area (Å²) < 4.78 is 0. The number of amides is 2. The average molecular weight is 369 g/mol. The molecule has 26 heavy (non-hydrogen) atoms. The van der Waals surface area contributed by atoms with Crippen LogP contribution in [0.4, 0.5) is 17.1 Å². The van der Waals surface area contributed by atoms with Crippen LogP contribution < -0.4 is 10.2 Å². The number of anilines is 2. The molecule has 132 valence electrons. The van der Waals surface area contributed by atoms with Crippen LogP contribution in [0.1, 0.15) is 22.8 Å². The summed E-state index contributed by atoms with van der Waals surface area (Å²) >= 11 is 1.46. The second kappa shape index (κ2) is 6.14. The minimum Gasteiger partial charge on any atom is -0.324 e. The molecule has 0 saturated carbocycles. The molecule has 7 nitrogen and oxygen atoms in total. The Bertz CT molecular complexity index is 959. The van der Waals surface area contributed by atoms with Gasteiger partial charge in [0, 0.05) is 34.8 Å². The van der Waals surface area contributed by atoms with Crippen molar-refractivity contribution in [3.63, 3.8) is 0 Å². The third-order valence-corrected chi connectivity index (χ3v) is 5.75. The summed E-state index contributed by atoms with van der Waals surface area (Å²) in [6, 6.07) is 9.84. The lowest BCUT2D eigenvalue weighted by molar-refractivity contribution is -0.384. The topological polar surface area (TPSA) is 92.6 Å². The van der Waals surface area contributed by atoms with E-state index in [1.54, 1.807) is 23.1 Å². The molecule has 1 atom stereocenters. The first-order valence-corrected chi connectivity index (χ1v) is 9.03. The van der Waals surface area contributed by atoms with E-state index in [0.717, 1.165) is 10.5 Å². The lowest BCUT2D eigenvalue weighted by Crippen LogP contribution is -2.30. The van der Waals surface area contributed by atoms with Crippen LogP contribution in [0, 0.1) is 10.1 Å². The number of nitrogens with one attached hydrogen (secondary N) is 1. The van der Waals surface area contributed by atoms with E-state index < -0.39 is 4.92 Å². The van der Waals surface area contributed by atoms with Gasteiger partial charge in [-0.1, -0.05) is 0 Å². The van der Waals surface area contributed by atoms with Crippen LogP contribution in [0.3, 0.4) is 0 Å². The zero-order valence-corrected chi connectivity index (χ0v) is 14.7. The van der Waals surface area contributed by atoms with Crippen molar-refractivity contribution >= 4 is 40.6 Å². The second-order valence-electron chi connectivity index (χ2n) is 6.24. The van der Waals surface area contributed by atoms with Crippen LogP contribution in [0.15, 0.2) is 41.3 Å². The molecule has 2 amide bonds. The van der Waals surface area contributed by atoms with E-state index in [1.807, 2.05) is 13.0 Å². The number of benzene rings is 2. The van der Waals surface area contributed by atoms with E-state index in [2.05, 4.69) is 5.32 Å². The second-order valence-corrected chi connectivity index (χ2v) is 7.62. The van der Waals surface area contributed by atoms with E-state index in [-0.39, 0.29) is 22.8 Å². The average Bonchev–Trinajstić information content (AvgIpc) is 3.04. The fourth-order valence-electron chi connectivity index (χ4n) is 3.21. The summed E-state index contributed by atoms with van der Waals surface area (Å²) in [5.41, 5.74) is 2.65.